The summed E-state index contributed by atoms with van der Waals surface area (Å²) in [5.41, 5.74) is 2.74. The topological polar surface area (TPSA) is 34.6 Å². The Balaban J connectivity index is 1.32. The van der Waals surface area contributed by atoms with Gasteiger partial charge in [-0.15, -0.1) is 0 Å². The molecule has 0 amide bonds. The molecule has 0 radical (unpaired) electrons. The molecule has 1 unspecified atom stereocenters. The van der Waals surface area contributed by atoms with Gasteiger partial charge in [-0.05, 0) is 48.6 Å². The van der Waals surface area contributed by atoms with Crippen LogP contribution in [0.15, 0.2) is 48.8 Å². The van der Waals surface area contributed by atoms with Crippen molar-refractivity contribution in [3.8, 4) is 5.75 Å². The van der Waals surface area contributed by atoms with Crippen molar-refractivity contribution in [2.24, 2.45) is 0 Å². The fourth-order valence-electron chi connectivity index (χ4n) is 4.13. The number of pyridine rings is 1. The Bertz CT molecular complexity index is 679. The molecule has 25 heavy (non-hydrogen) atoms. The molecular weight excluding hydrogens is 312 g/mol. The van der Waals surface area contributed by atoms with E-state index in [1.807, 2.05) is 30.6 Å². The van der Waals surface area contributed by atoms with Gasteiger partial charge in [-0.2, -0.15) is 0 Å². The van der Waals surface area contributed by atoms with Gasteiger partial charge in [-0.25, -0.2) is 0 Å². The molecule has 0 bridgehead atoms. The van der Waals surface area contributed by atoms with Crippen LogP contribution in [-0.2, 0) is 11.3 Å². The summed E-state index contributed by atoms with van der Waals surface area (Å²) in [4.78, 5) is 6.80. The van der Waals surface area contributed by atoms with Crippen molar-refractivity contribution in [2.45, 2.75) is 37.3 Å². The van der Waals surface area contributed by atoms with E-state index in [4.69, 9.17) is 9.47 Å². The summed E-state index contributed by atoms with van der Waals surface area (Å²) in [6.07, 6.45) is 7.22. The van der Waals surface area contributed by atoms with Crippen molar-refractivity contribution in [3.05, 3.63) is 59.9 Å². The highest BCUT2D eigenvalue weighted by Crippen LogP contribution is 2.42. The first kappa shape index (κ1) is 16.6. The van der Waals surface area contributed by atoms with Crippen molar-refractivity contribution in [3.63, 3.8) is 0 Å². The maximum absolute atomic E-state index is 6.31. The third kappa shape index (κ3) is 3.70. The second kappa shape index (κ2) is 7.14. The molecule has 1 aromatic carbocycles. The van der Waals surface area contributed by atoms with E-state index in [-0.39, 0.29) is 5.60 Å². The van der Waals surface area contributed by atoms with Gasteiger partial charge in [0, 0.05) is 37.9 Å². The molecule has 2 aliphatic heterocycles. The molecule has 1 atom stereocenters. The van der Waals surface area contributed by atoms with E-state index in [9.17, 15) is 0 Å². The molecule has 0 aliphatic carbocycles. The van der Waals surface area contributed by atoms with Crippen molar-refractivity contribution < 1.29 is 9.47 Å². The average molecular weight is 338 g/mol. The quantitative estimate of drug-likeness (QED) is 0.853. The van der Waals surface area contributed by atoms with Crippen LogP contribution in [0.5, 0.6) is 5.75 Å². The Kier molecular flexibility index (Phi) is 4.73. The van der Waals surface area contributed by atoms with Gasteiger partial charge in [0.25, 0.3) is 0 Å². The van der Waals surface area contributed by atoms with Gasteiger partial charge >= 0.3 is 0 Å². The Morgan fingerprint density at radius 2 is 2.00 bits per heavy atom. The third-order valence-electron chi connectivity index (χ3n) is 5.70. The normalized spacial score (nSPS) is 23.0. The van der Waals surface area contributed by atoms with E-state index in [1.54, 1.807) is 7.11 Å². The van der Waals surface area contributed by atoms with Gasteiger partial charge in [-0.1, -0.05) is 18.2 Å². The van der Waals surface area contributed by atoms with Crippen LogP contribution in [0, 0.1) is 0 Å². The Labute approximate surface area is 149 Å². The van der Waals surface area contributed by atoms with Gasteiger partial charge < -0.3 is 9.47 Å². The molecule has 1 aromatic heterocycles. The zero-order valence-electron chi connectivity index (χ0n) is 14.9. The van der Waals surface area contributed by atoms with E-state index in [0.29, 0.717) is 5.92 Å². The van der Waals surface area contributed by atoms with Gasteiger partial charge in [-0.3, -0.25) is 9.88 Å². The largest absolute Gasteiger partial charge is 0.497 e. The maximum atomic E-state index is 6.31. The molecule has 4 nitrogen and oxygen atoms in total. The van der Waals surface area contributed by atoms with Gasteiger partial charge in [0.05, 0.1) is 19.3 Å². The summed E-state index contributed by atoms with van der Waals surface area (Å²) in [5.74, 6) is 1.42. The fraction of sp³-hybridized carbons (Fsp3) is 0.476. The molecule has 0 saturated carbocycles. The molecule has 2 aliphatic rings. The Hall–Kier alpha value is -1.91. The van der Waals surface area contributed by atoms with Crippen molar-refractivity contribution >= 4 is 0 Å². The summed E-state index contributed by atoms with van der Waals surface area (Å²) < 4.78 is 11.5. The molecule has 1 spiro atoms. The monoisotopic (exact) mass is 338 g/mol. The SMILES string of the molecule is COc1ccc(CN2CCC3(CC2)CC(c2cccnc2)CO3)cc1. The summed E-state index contributed by atoms with van der Waals surface area (Å²) in [6.45, 7) is 4.05. The second-order valence-electron chi connectivity index (χ2n) is 7.31. The van der Waals surface area contributed by atoms with Crippen LogP contribution < -0.4 is 4.74 Å². The van der Waals surface area contributed by atoms with E-state index in [2.05, 4.69) is 28.1 Å². The van der Waals surface area contributed by atoms with Crippen molar-refractivity contribution in [1.82, 2.24) is 9.88 Å². The zero-order chi connectivity index (χ0) is 17.1. The minimum absolute atomic E-state index is 0.0803. The smallest absolute Gasteiger partial charge is 0.118 e. The molecule has 4 rings (SSSR count). The summed E-state index contributed by atoms with van der Waals surface area (Å²) in [7, 11) is 1.71. The lowest BCUT2D eigenvalue weighted by Gasteiger charge is -2.38. The number of piperidine rings is 1. The van der Waals surface area contributed by atoms with Crippen molar-refractivity contribution in [1.29, 1.82) is 0 Å². The van der Waals surface area contributed by atoms with Crippen LogP contribution in [0.25, 0.3) is 0 Å². The molecule has 132 valence electrons. The van der Waals surface area contributed by atoms with E-state index in [0.717, 1.165) is 51.3 Å². The van der Waals surface area contributed by atoms with Gasteiger partial charge in [0.2, 0.25) is 0 Å². The highest BCUT2D eigenvalue weighted by molar-refractivity contribution is 5.27. The lowest BCUT2D eigenvalue weighted by atomic mass is 9.83. The predicted octanol–water partition coefficient (Wildman–Crippen LogP) is 3.63. The molecule has 2 aromatic rings. The number of benzene rings is 1. The molecule has 2 fully saturated rings. The highest BCUT2D eigenvalue weighted by Gasteiger charge is 2.42. The first-order valence-corrected chi connectivity index (χ1v) is 9.16. The minimum atomic E-state index is 0.0803. The molecular formula is C21H26N2O2. The highest BCUT2D eigenvalue weighted by atomic mass is 16.5. The first-order chi connectivity index (χ1) is 12.3. The second-order valence-corrected chi connectivity index (χ2v) is 7.31. The number of ether oxygens (including phenoxy) is 2. The zero-order valence-corrected chi connectivity index (χ0v) is 14.9. The van der Waals surface area contributed by atoms with E-state index in [1.165, 1.54) is 11.1 Å². The average Bonchev–Trinajstić information content (AvgIpc) is 3.09. The molecule has 2 saturated heterocycles. The number of nitrogens with zero attached hydrogens (tertiary/aromatic N) is 2. The number of rotatable bonds is 4. The van der Waals surface area contributed by atoms with Crippen LogP contribution in [-0.4, -0.2) is 42.3 Å². The minimum Gasteiger partial charge on any atom is -0.497 e. The lowest BCUT2D eigenvalue weighted by molar-refractivity contribution is -0.0448. The Morgan fingerprint density at radius 3 is 2.68 bits per heavy atom. The van der Waals surface area contributed by atoms with Crippen LogP contribution in [0.4, 0.5) is 0 Å². The van der Waals surface area contributed by atoms with Crippen LogP contribution in [0.3, 0.4) is 0 Å². The number of aromatic nitrogens is 1. The summed E-state index contributed by atoms with van der Waals surface area (Å²) >= 11 is 0. The van der Waals surface area contributed by atoms with Crippen molar-refractivity contribution in [2.75, 3.05) is 26.8 Å². The van der Waals surface area contributed by atoms with E-state index >= 15 is 0 Å². The maximum Gasteiger partial charge on any atom is 0.118 e. The van der Waals surface area contributed by atoms with Crippen LogP contribution in [0.2, 0.25) is 0 Å². The van der Waals surface area contributed by atoms with Gasteiger partial charge in [0.15, 0.2) is 0 Å². The van der Waals surface area contributed by atoms with Crippen LogP contribution >= 0.6 is 0 Å². The summed E-state index contributed by atoms with van der Waals surface area (Å²) in [6, 6.07) is 12.6. The van der Waals surface area contributed by atoms with Gasteiger partial charge in [0.1, 0.15) is 5.75 Å². The van der Waals surface area contributed by atoms with Crippen LogP contribution in [0.1, 0.15) is 36.3 Å². The number of likely N-dealkylation sites (tertiary alicyclic amines) is 1. The predicted molar refractivity (Wildman–Crippen MR) is 97.8 cm³/mol. The molecule has 4 heteroatoms. The first-order valence-electron chi connectivity index (χ1n) is 9.16. The lowest BCUT2D eigenvalue weighted by Crippen LogP contribution is -2.43. The van der Waals surface area contributed by atoms with E-state index < -0.39 is 0 Å². The third-order valence-corrected chi connectivity index (χ3v) is 5.70. The molecule has 3 heterocycles. The number of hydrogen-bond acceptors (Lipinski definition) is 4. The number of hydrogen-bond donors (Lipinski definition) is 0. The number of methoxy groups -OCH3 is 1. The fourth-order valence-corrected chi connectivity index (χ4v) is 4.13. The summed E-state index contributed by atoms with van der Waals surface area (Å²) in [5, 5.41) is 0. The standard InChI is InChI=1S/C21H26N2O2/c1-24-20-6-4-17(5-7-20)15-23-11-8-21(9-12-23)13-19(16-25-21)18-3-2-10-22-14-18/h2-7,10,14,19H,8-9,11-13,15-16H2,1H3. The molecule has 0 N–H and O–H groups in total. The Morgan fingerprint density at radius 1 is 1.20 bits per heavy atom.